The first-order valence-electron chi connectivity index (χ1n) is 11.2. The summed E-state index contributed by atoms with van der Waals surface area (Å²) in [6.45, 7) is 0.491. The van der Waals surface area contributed by atoms with E-state index in [1.165, 1.54) is 6.07 Å². The van der Waals surface area contributed by atoms with E-state index in [-0.39, 0.29) is 18.0 Å². The highest BCUT2D eigenvalue weighted by atomic mass is 19.2. The van der Waals surface area contributed by atoms with Gasteiger partial charge in [-0.05, 0) is 59.7 Å². The molecule has 0 spiro atoms. The molecule has 3 aromatic rings. The zero-order chi connectivity index (χ0) is 24.2. The fourth-order valence-corrected chi connectivity index (χ4v) is 4.82. The Kier molecular flexibility index (Phi) is 7.12. The van der Waals surface area contributed by atoms with E-state index in [0.29, 0.717) is 36.4 Å². The number of carboxylic acids is 1. The topological polar surface area (TPSA) is 59.0 Å². The maximum atomic E-state index is 14.4. The minimum atomic E-state index is -0.961. The maximum Gasteiger partial charge on any atom is 0.325 e. The number of carboxylic acid groups (broad SMARTS) is 1. The van der Waals surface area contributed by atoms with Crippen molar-refractivity contribution in [3.63, 3.8) is 0 Å². The van der Waals surface area contributed by atoms with Crippen LogP contribution in [0.1, 0.15) is 40.8 Å². The van der Waals surface area contributed by atoms with Crippen molar-refractivity contribution in [3.05, 3.63) is 94.6 Å². The fraction of sp³-hybridized carbons (Fsp3) is 0.296. The number of aryl methyl sites for hydroxylation is 1. The molecule has 0 aromatic heterocycles. The molecule has 0 fully saturated rings. The summed E-state index contributed by atoms with van der Waals surface area (Å²) in [6, 6.07) is 15.8. The fourth-order valence-electron chi connectivity index (χ4n) is 4.82. The molecule has 0 radical (unpaired) electrons. The Morgan fingerprint density at radius 1 is 1.06 bits per heavy atom. The molecule has 0 saturated carbocycles. The van der Waals surface area contributed by atoms with Gasteiger partial charge in [-0.15, -0.1) is 0 Å². The van der Waals surface area contributed by atoms with Gasteiger partial charge in [0.2, 0.25) is 0 Å². The van der Waals surface area contributed by atoms with Crippen LogP contribution >= 0.6 is 0 Å². The van der Waals surface area contributed by atoms with Crippen molar-refractivity contribution < 1.29 is 28.2 Å². The largest absolute Gasteiger partial charge is 0.493 e. The number of hydrogen-bond acceptors (Lipinski definition) is 4. The number of ether oxygens (including phenoxy) is 2. The Hall–Kier alpha value is -3.45. The Labute approximate surface area is 197 Å². The van der Waals surface area contributed by atoms with Crippen LogP contribution in [0.25, 0.3) is 0 Å². The van der Waals surface area contributed by atoms with Gasteiger partial charge in [0.15, 0.2) is 23.1 Å². The third-order valence-corrected chi connectivity index (χ3v) is 6.44. The van der Waals surface area contributed by atoms with Crippen LogP contribution in [-0.2, 0) is 17.6 Å². The normalized spacial score (nSPS) is 16.5. The Balaban J connectivity index is 1.77. The minimum Gasteiger partial charge on any atom is -0.493 e. The van der Waals surface area contributed by atoms with E-state index in [1.807, 2.05) is 35.2 Å². The SMILES string of the molecule is COc1cc2c(cc1OC)C(CCc1cccc(F)c1F)N(C(C(=O)O)c1ccccc1)CC2. The van der Waals surface area contributed by atoms with Crippen LogP contribution < -0.4 is 9.47 Å². The van der Waals surface area contributed by atoms with Gasteiger partial charge < -0.3 is 14.6 Å². The quantitative estimate of drug-likeness (QED) is 0.485. The van der Waals surface area contributed by atoms with Crippen molar-refractivity contribution in [3.8, 4) is 11.5 Å². The molecule has 0 amide bonds. The van der Waals surface area contributed by atoms with Gasteiger partial charge in [-0.1, -0.05) is 42.5 Å². The van der Waals surface area contributed by atoms with Crippen molar-refractivity contribution in [2.24, 2.45) is 0 Å². The molecule has 7 heteroatoms. The predicted octanol–water partition coefficient (Wildman–Crippen LogP) is 5.34. The van der Waals surface area contributed by atoms with Crippen LogP contribution in [0.4, 0.5) is 8.78 Å². The highest BCUT2D eigenvalue weighted by Gasteiger charge is 2.37. The molecular formula is C27H27F2NO4. The summed E-state index contributed by atoms with van der Waals surface area (Å²) >= 11 is 0. The summed E-state index contributed by atoms with van der Waals surface area (Å²) in [5, 5.41) is 10.2. The molecule has 2 unspecified atom stereocenters. The van der Waals surface area contributed by atoms with Gasteiger partial charge in [0.05, 0.1) is 14.2 Å². The van der Waals surface area contributed by atoms with Crippen molar-refractivity contribution in [2.75, 3.05) is 20.8 Å². The summed E-state index contributed by atoms with van der Waals surface area (Å²) < 4.78 is 39.2. The molecule has 0 aliphatic carbocycles. The third-order valence-electron chi connectivity index (χ3n) is 6.44. The number of aliphatic carboxylic acids is 1. The zero-order valence-corrected chi connectivity index (χ0v) is 19.1. The second-order valence-corrected chi connectivity index (χ2v) is 8.31. The Morgan fingerprint density at radius 2 is 1.76 bits per heavy atom. The van der Waals surface area contributed by atoms with Crippen LogP contribution in [0.5, 0.6) is 11.5 Å². The molecule has 178 valence electrons. The van der Waals surface area contributed by atoms with Gasteiger partial charge in [-0.3, -0.25) is 9.69 Å². The molecule has 5 nitrogen and oxygen atoms in total. The van der Waals surface area contributed by atoms with Gasteiger partial charge in [-0.25, -0.2) is 8.78 Å². The lowest BCUT2D eigenvalue weighted by Crippen LogP contribution is -2.42. The first-order valence-corrected chi connectivity index (χ1v) is 11.2. The molecule has 3 aromatic carbocycles. The molecule has 1 aliphatic heterocycles. The van der Waals surface area contributed by atoms with Gasteiger partial charge in [0.1, 0.15) is 6.04 Å². The van der Waals surface area contributed by atoms with Gasteiger partial charge in [-0.2, -0.15) is 0 Å². The molecule has 4 rings (SSSR count). The molecule has 34 heavy (non-hydrogen) atoms. The van der Waals surface area contributed by atoms with E-state index >= 15 is 0 Å². The molecule has 2 atom stereocenters. The molecule has 0 saturated heterocycles. The van der Waals surface area contributed by atoms with E-state index < -0.39 is 23.6 Å². The highest BCUT2D eigenvalue weighted by molar-refractivity contribution is 5.75. The number of nitrogens with zero attached hydrogens (tertiary/aromatic N) is 1. The number of benzene rings is 3. The van der Waals surface area contributed by atoms with Gasteiger partial charge in [0.25, 0.3) is 0 Å². The van der Waals surface area contributed by atoms with Crippen molar-refractivity contribution in [1.82, 2.24) is 4.90 Å². The smallest absolute Gasteiger partial charge is 0.325 e. The molecule has 1 heterocycles. The second kappa shape index (κ2) is 10.2. The number of rotatable bonds is 8. The van der Waals surface area contributed by atoms with Crippen molar-refractivity contribution >= 4 is 5.97 Å². The maximum absolute atomic E-state index is 14.4. The van der Waals surface area contributed by atoms with E-state index in [4.69, 9.17) is 9.47 Å². The molecule has 1 aliphatic rings. The van der Waals surface area contributed by atoms with Crippen LogP contribution in [0.3, 0.4) is 0 Å². The van der Waals surface area contributed by atoms with E-state index in [1.54, 1.807) is 32.4 Å². The Bertz CT molecular complexity index is 1170. The van der Waals surface area contributed by atoms with Gasteiger partial charge in [0, 0.05) is 12.6 Å². The number of hydrogen-bond donors (Lipinski definition) is 1. The van der Waals surface area contributed by atoms with Gasteiger partial charge >= 0.3 is 5.97 Å². The van der Waals surface area contributed by atoms with Crippen LogP contribution in [0.15, 0.2) is 60.7 Å². The number of methoxy groups -OCH3 is 2. The van der Waals surface area contributed by atoms with E-state index in [2.05, 4.69) is 0 Å². The monoisotopic (exact) mass is 467 g/mol. The first-order chi connectivity index (χ1) is 16.4. The summed E-state index contributed by atoms with van der Waals surface area (Å²) in [5.74, 6) is -1.58. The molecular weight excluding hydrogens is 440 g/mol. The van der Waals surface area contributed by atoms with E-state index in [0.717, 1.165) is 17.2 Å². The Morgan fingerprint density at radius 3 is 2.44 bits per heavy atom. The minimum absolute atomic E-state index is 0.250. The number of fused-ring (bicyclic) bond motifs is 1. The zero-order valence-electron chi connectivity index (χ0n) is 19.1. The molecule has 1 N–H and O–H groups in total. The predicted molar refractivity (Wildman–Crippen MR) is 124 cm³/mol. The summed E-state index contributed by atoms with van der Waals surface area (Å²) in [6.07, 6.45) is 1.27. The van der Waals surface area contributed by atoms with Crippen LogP contribution in [0.2, 0.25) is 0 Å². The average Bonchev–Trinajstić information content (AvgIpc) is 2.85. The summed E-state index contributed by atoms with van der Waals surface area (Å²) in [7, 11) is 3.12. The lowest BCUT2D eigenvalue weighted by molar-refractivity contribution is -0.145. The first kappa shape index (κ1) is 23.7. The number of halogens is 2. The lowest BCUT2D eigenvalue weighted by atomic mass is 9.86. The van der Waals surface area contributed by atoms with Crippen molar-refractivity contribution in [2.45, 2.75) is 31.3 Å². The number of carbonyl (C=O) groups is 1. The summed E-state index contributed by atoms with van der Waals surface area (Å²) in [5.41, 5.74) is 2.86. The van der Waals surface area contributed by atoms with Crippen LogP contribution in [0, 0.1) is 11.6 Å². The second-order valence-electron chi connectivity index (χ2n) is 8.31. The van der Waals surface area contributed by atoms with Crippen molar-refractivity contribution in [1.29, 1.82) is 0 Å². The molecule has 0 bridgehead atoms. The average molecular weight is 468 g/mol. The third kappa shape index (κ3) is 4.61. The lowest BCUT2D eigenvalue weighted by Gasteiger charge is -2.41. The summed E-state index contributed by atoms with van der Waals surface area (Å²) in [4.78, 5) is 14.4. The highest BCUT2D eigenvalue weighted by Crippen LogP contribution is 2.43. The standard InChI is InChI=1S/C27H27F2NO4/c1-33-23-15-19-13-14-30(26(27(31)32)18-7-4-3-5-8-18)22(20(19)16-24(23)34-2)12-11-17-9-6-10-21(28)25(17)29/h3-10,15-16,22,26H,11-14H2,1-2H3,(H,31,32). The van der Waals surface area contributed by atoms with E-state index in [9.17, 15) is 18.7 Å². The van der Waals surface area contributed by atoms with Crippen LogP contribution in [-0.4, -0.2) is 36.7 Å².